The summed E-state index contributed by atoms with van der Waals surface area (Å²) in [6.07, 6.45) is 0. The summed E-state index contributed by atoms with van der Waals surface area (Å²) >= 11 is 6.12. The van der Waals surface area contributed by atoms with Crippen molar-refractivity contribution in [3.63, 3.8) is 0 Å². The normalized spacial score (nSPS) is 12.1. The first-order chi connectivity index (χ1) is 13.4. The third-order valence-corrected chi connectivity index (χ3v) is 4.50. The fourth-order valence-corrected chi connectivity index (χ4v) is 2.98. The van der Waals surface area contributed by atoms with E-state index in [4.69, 9.17) is 11.6 Å². The zero-order chi connectivity index (χ0) is 20.3. The quantitative estimate of drug-likeness (QED) is 0.280. The van der Waals surface area contributed by atoms with Crippen molar-refractivity contribution in [2.45, 2.75) is 6.54 Å². The van der Waals surface area contributed by atoms with E-state index in [0.717, 1.165) is 5.52 Å². The second-order valence-electron chi connectivity index (χ2n) is 6.24. The van der Waals surface area contributed by atoms with Crippen LogP contribution < -0.4 is 0 Å². The maximum Gasteiger partial charge on any atom is 0.269 e. The molecule has 1 aromatic heterocycles. The van der Waals surface area contributed by atoms with E-state index >= 15 is 0 Å². The number of nitro benzene ring substituents is 1. The van der Waals surface area contributed by atoms with E-state index in [9.17, 15) is 20.5 Å². The van der Waals surface area contributed by atoms with Crippen LogP contribution in [0.2, 0.25) is 5.02 Å². The van der Waals surface area contributed by atoms with Gasteiger partial charge in [-0.2, -0.15) is 5.26 Å². The number of halogens is 1. The minimum absolute atomic E-state index is 0.0354. The Morgan fingerprint density at radius 1 is 1.39 bits per heavy atom. The number of rotatable bonds is 6. The number of hydrogen-bond donors (Lipinski definition) is 2. The number of aromatic amines is 1. The number of hydrogen-bond acceptors (Lipinski definition) is 6. The molecule has 0 aliphatic heterocycles. The summed E-state index contributed by atoms with van der Waals surface area (Å²) < 4.78 is 0. The molecule has 28 heavy (non-hydrogen) atoms. The molecule has 8 nitrogen and oxygen atoms in total. The van der Waals surface area contributed by atoms with Crippen LogP contribution in [0, 0.1) is 21.4 Å². The molecule has 9 heteroatoms. The predicted molar refractivity (Wildman–Crippen MR) is 106 cm³/mol. The Morgan fingerprint density at radius 2 is 2.14 bits per heavy atom. The summed E-state index contributed by atoms with van der Waals surface area (Å²) in [4.78, 5) is 19.5. The fraction of sp³-hybridized carbons (Fsp3) is 0.158. The van der Waals surface area contributed by atoms with E-state index in [0.29, 0.717) is 16.1 Å². The Morgan fingerprint density at radius 3 is 2.82 bits per heavy atom. The molecule has 0 unspecified atom stereocenters. The zero-order valence-corrected chi connectivity index (χ0v) is 15.6. The summed E-state index contributed by atoms with van der Waals surface area (Å²) in [5.74, 6) is 0.119. The fourth-order valence-electron chi connectivity index (χ4n) is 2.80. The number of H-pyrrole nitrogens is 1. The molecule has 2 aromatic carbocycles. The lowest BCUT2D eigenvalue weighted by molar-refractivity contribution is -0.384. The summed E-state index contributed by atoms with van der Waals surface area (Å²) in [7, 11) is 1.71. The predicted octanol–water partition coefficient (Wildman–Crippen LogP) is 4.05. The van der Waals surface area contributed by atoms with Crippen LogP contribution >= 0.6 is 11.6 Å². The molecule has 0 saturated heterocycles. The summed E-state index contributed by atoms with van der Waals surface area (Å²) in [6, 6.07) is 13.5. The number of benzene rings is 2. The van der Waals surface area contributed by atoms with E-state index in [1.165, 1.54) is 18.2 Å². The number of nitrogens with zero attached hydrogens (tertiary/aromatic N) is 4. The van der Waals surface area contributed by atoms with Crippen LogP contribution in [0.4, 0.5) is 5.69 Å². The Hall–Kier alpha value is -3.41. The number of para-hydroxylation sites is 2. The lowest BCUT2D eigenvalue weighted by atomic mass is 10.1. The van der Waals surface area contributed by atoms with Crippen molar-refractivity contribution in [1.29, 1.82) is 5.26 Å². The largest absolute Gasteiger partial charge is 0.509 e. The van der Waals surface area contributed by atoms with Gasteiger partial charge in [0.25, 0.3) is 5.69 Å². The molecule has 0 aliphatic rings. The molecule has 0 bridgehead atoms. The number of likely N-dealkylation sites (N-methyl/N-ethyl adjacent to an activating group) is 1. The Balaban J connectivity index is 1.82. The average molecular weight is 398 g/mol. The van der Waals surface area contributed by atoms with E-state index < -0.39 is 4.92 Å². The smallest absolute Gasteiger partial charge is 0.269 e. The topological polar surface area (TPSA) is 119 Å². The molecule has 0 fully saturated rings. The number of nitro groups is 1. The van der Waals surface area contributed by atoms with Gasteiger partial charge in [0.2, 0.25) is 0 Å². The van der Waals surface area contributed by atoms with E-state index in [1.807, 2.05) is 24.3 Å². The second-order valence-corrected chi connectivity index (χ2v) is 6.65. The molecule has 2 N–H and O–H groups in total. The van der Waals surface area contributed by atoms with Crippen molar-refractivity contribution >= 4 is 33.9 Å². The van der Waals surface area contributed by atoms with Crippen LogP contribution in [-0.2, 0) is 6.54 Å². The molecule has 0 spiro atoms. The van der Waals surface area contributed by atoms with E-state index in [1.54, 1.807) is 18.0 Å². The zero-order valence-electron chi connectivity index (χ0n) is 14.9. The minimum atomic E-state index is -0.493. The highest BCUT2D eigenvalue weighted by Gasteiger charge is 2.16. The van der Waals surface area contributed by atoms with Crippen molar-refractivity contribution in [1.82, 2.24) is 14.9 Å². The van der Waals surface area contributed by atoms with Crippen molar-refractivity contribution in [3.8, 4) is 6.07 Å². The molecule has 0 amide bonds. The van der Waals surface area contributed by atoms with Crippen LogP contribution in [0.25, 0.3) is 16.6 Å². The molecule has 142 valence electrons. The molecular formula is C19H16ClN5O3. The van der Waals surface area contributed by atoms with Crippen LogP contribution in [0.5, 0.6) is 0 Å². The SMILES string of the molecule is CN(C/C(O)=C(\C#N)c1nc2ccccc2[nH]1)Cc1cc([N+](=O)[O-])ccc1Cl. The molecule has 0 radical (unpaired) electrons. The number of nitriles is 1. The first kappa shape index (κ1) is 19.4. The Bertz CT molecular complexity index is 1080. The standard InChI is InChI=1S/C19H16ClN5O3/c1-24(10-12-8-13(25(27)28)6-7-15(12)20)11-18(26)14(9-21)19-22-16-4-2-3-5-17(16)23-19/h2-8,26H,10-11H2,1H3,(H,22,23)/b18-14-. The molecule has 0 saturated carbocycles. The lowest BCUT2D eigenvalue weighted by Crippen LogP contribution is -2.21. The minimum Gasteiger partial charge on any atom is -0.509 e. The molecule has 3 aromatic rings. The number of aliphatic hydroxyl groups is 1. The monoisotopic (exact) mass is 397 g/mol. The first-order valence-electron chi connectivity index (χ1n) is 8.27. The van der Waals surface area contributed by atoms with Gasteiger partial charge in [-0.3, -0.25) is 15.0 Å². The van der Waals surface area contributed by atoms with Crippen molar-refractivity contribution in [2.24, 2.45) is 0 Å². The number of aliphatic hydroxyl groups excluding tert-OH is 1. The first-order valence-corrected chi connectivity index (χ1v) is 8.65. The number of fused-ring (bicyclic) bond motifs is 1. The molecule has 1 heterocycles. The van der Waals surface area contributed by atoms with Gasteiger partial charge in [-0.05, 0) is 30.8 Å². The van der Waals surface area contributed by atoms with Crippen LogP contribution in [0.3, 0.4) is 0 Å². The third-order valence-electron chi connectivity index (χ3n) is 4.13. The Labute approximate surface area is 165 Å². The maximum atomic E-state index is 10.9. The van der Waals surface area contributed by atoms with E-state index in [-0.39, 0.29) is 35.9 Å². The number of nitrogens with one attached hydrogen (secondary N) is 1. The molecule has 0 aliphatic carbocycles. The van der Waals surface area contributed by atoms with Gasteiger partial charge in [-0.15, -0.1) is 0 Å². The van der Waals surface area contributed by atoms with E-state index in [2.05, 4.69) is 9.97 Å². The highest BCUT2D eigenvalue weighted by Crippen LogP contribution is 2.24. The van der Waals surface area contributed by atoms with Crippen LogP contribution in [0.1, 0.15) is 11.4 Å². The molecule has 3 rings (SSSR count). The Kier molecular flexibility index (Phi) is 5.59. The maximum absolute atomic E-state index is 10.9. The molecular weight excluding hydrogens is 382 g/mol. The highest BCUT2D eigenvalue weighted by molar-refractivity contribution is 6.31. The van der Waals surface area contributed by atoms with Gasteiger partial charge in [-0.1, -0.05) is 23.7 Å². The van der Waals surface area contributed by atoms with Gasteiger partial charge in [0.05, 0.1) is 22.5 Å². The summed E-state index contributed by atoms with van der Waals surface area (Å²) in [5, 5.41) is 31.3. The van der Waals surface area contributed by atoms with Gasteiger partial charge in [0, 0.05) is 23.7 Å². The summed E-state index contributed by atoms with van der Waals surface area (Å²) in [6.45, 7) is 0.294. The average Bonchev–Trinajstić information content (AvgIpc) is 3.07. The molecule has 0 atom stereocenters. The van der Waals surface area contributed by atoms with Crippen LogP contribution in [0.15, 0.2) is 48.2 Å². The number of allylic oxidation sites excluding steroid dienone is 1. The van der Waals surface area contributed by atoms with Crippen molar-refractivity contribution in [2.75, 3.05) is 13.6 Å². The van der Waals surface area contributed by atoms with Crippen molar-refractivity contribution in [3.05, 3.63) is 74.7 Å². The van der Waals surface area contributed by atoms with Gasteiger partial charge < -0.3 is 10.1 Å². The highest BCUT2D eigenvalue weighted by atomic mass is 35.5. The van der Waals surface area contributed by atoms with Crippen LogP contribution in [-0.4, -0.2) is 38.5 Å². The number of non-ortho nitro benzene ring substituents is 1. The number of imidazole rings is 1. The number of aromatic nitrogens is 2. The van der Waals surface area contributed by atoms with Gasteiger partial charge in [0.15, 0.2) is 5.82 Å². The van der Waals surface area contributed by atoms with Crippen molar-refractivity contribution < 1.29 is 10.0 Å². The van der Waals surface area contributed by atoms with Gasteiger partial charge in [0.1, 0.15) is 17.4 Å². The van der Waals surface area contributed by atoms with Gasteiger partial charge >= 0.3 is 0 Å². The summed E-state index contributed by atoms with van der Waals surface area (Å²) in [5.41, 5.74) is 1.97. The van der Waals surface area contributed by atoms with Gasteiger partial charge in [-0.25, -0.2) is 4.98 Å². The third kappa shape index (κ3) is 4.11. The lowest BCUT2D eigenvalue weighted by Gasteiger charge is -2.17. The second kappa shape index (κ2) is 8.08.